The molecular weight excluding hydrogens is 455 g/mol. The van der Waals surface area contributed by atoms with Gasteiger partial charge in [-0.2, -0.15) is 0 Å². The fourth-order valence-corrected chi connectivity index (χ4v) is 5.38. The van der Waals surface area contributed by atoms with E-state index in [1.807, 2.05) is 18.2 Å². The molecule has 2 aromatic carbocycles. The van der Waals surface area contributed by atoms with E-state index in [9.17, 15) is 17.6 Å². The van der Waals surface area contributed by atoms with Gasteiger partial charge >= 0.3 is 0 Å². The van der Waals surface area contributed by atoms with Gasteiger partial charge in [0.25, 0.3) is 5.91 Å². The van der Waals surface area contributed by atoms with Crippen molar-refractivity contribution < 1.29 is 17.6 Å². The maximum absolute atomic E-state index is 14.5. The van der Waals surface area contributed by atoms with Gasteiger partial charge in [0.2, 0.25) is 10.0 Å². The fourth-order valence-electron chi connectivity index (χ4n) is 3.92. The van der Waals surface area contributed by atoms with Crippen molar-refractivity contribution in [2.24, 2.45) is 13.0 Å². The van der Waals surface area contributed by atoms with Crippen LogP contribution < -0.4 is 10.3 Å². The van der Waals surface area contributed by atoms with Crippen LogP contribution in [0.1, 0.15) is 27.9 Å². The average Bonchev–Trinajstić information content (AvgIpc) is 3.20. The quantitative estimate of drug-likeness (QED) is 0.534. The third-order valence-corrected chi connectivity index (χ3v) is 7.10. The Hall–Kier alpha value is -2.75. The summed E-state index contributed by atoms with van der Waals surface area (Å²) < 4.78 is 41.3. The number of carbonyl (C=O) groups excluding carboxylic acids is 1. The number of hydrazine groups is 1. The third kappa shape index (κ3) is 5.01. The molecule has 3 aromatic rings. The van der Waals surface area contributed by atoms with E-state index in [1.54, 1.807) is 24.1 Å². The van der Waals surface area contributed by atoms with Gasteiger partial charge in [-0.25, -0.2) is 17.8 Å². The molecule has 2 N–H and O–H groups in total. The van der Waals surface area contributed by atoms with Crippen molar-refractivity contribution in [3.63, 3.8) is 0 Å². The highest BCUT2D eigenvalue weighted by atomic mass is 35.5. The second-order valence-corrected chi connectivity index (χ2v) is 10.1. The maximum Gasteiger partial charge on any atom is 0.269 e. The van der Waals surface area contributed by atoms with E-state index in [-0.39, 0.29) is 22.3 Å². The van der Waals surface area contributed by atoms with Crippen molar-refractivity contribution in [3.05, 3.63) is 76.5 Å². The molecule has 0 fully saturated rings. The molecule has 1 heterocycles. The van der Waals surface area contributed by atoms with Crippen LogP contribution >= 0.6 is 11.6 Å². The van der Waals surface area contributed by atoms with Gasteiger partial charge in [0.05, 0.1) is 28.4 Å². The van der Waals surface area contributed by atoms with Crippen molar-refractivity contribution in [3.8, 4) is 11.3 Å². The summed E-state index contributed by atoms with van der Waals surface area (Å²) in [5.74, 6) is -2.09. The average molecular weight is 477 g/mol. The summed E-state index contributed by atoms with van der Waals surface area (Å²) in [5, 5.41) is -0.262. The van der Waals surface area contributed by atoms with E-state index in [2.05, 4.69) is 21.3 Å². The Kier molecular flexibility index (Phi) is 6.32. The second kappa shape index (κ2) is 9.01. The van der Waals surface area contributed by atoms with Crippen LogP contribution in [-0.4, -0.2) is 29.6 Å². The highest BCUT2D eigenvalue weighted by Crippen LogP contribution is 2.28. The SMILES string of the molecule is Cn1cnc(-c2cc(Cl)c(F)c(C(=O)NNS(=O)(=O)CC3CCc4ccccc4C3)c2)c1. The standard InChI is InChI=1S/C22H22ClFN4O3S/c1-28-11-20(25-13-28)17-9-18(21(24)19(23)10-17)22(29)26-27-32(30,31)12-14-6-7-15-4-2-3-5-16(15)8-14/h2-5,9-11,13-14,27H,6-8,12H2,1H3,(H,26,29). The summed E-state index contributed by atoms with van der Waals surface area (Å²) in [7, 11) is -2.05. The molecule has 32 heavy (non-hydrogen) atoms. The smallest absolute Gasteiger partial charge is 0.269 e. The van der Waals surface area contributed by atoms with E-state index in [0.717, 1.165) is 18.4 Å². The molecule has 4 rings (SSSR count). The van der Waals surface area contributed by atoms with Gasteiger partial charge in [0.15, 0.2) is 5.82 Å². The number of amides is 1. The minimum atomic E-state index is -3.82. The van der Waals surface area contributed by atoms with Crippen molar-refractivity contribution in [1.29, 1.82) is 0 Å². The number of carbonyl (C=O) groups is 1. The molecule has 10 heteroatoms. The first-order valence-corrected chi connectivity index (χ1v) is 12.1. The van der Waals surface area contributed by atoms with E-state index in [0.29, 0.717) is 17.7 Å². The Morgan fingerprint density at radius 1 is 1.28 bits per heavy atom. The highest BCUT2D eigenvalue weighted by Gasteiger charge is 2.25. The summed E-state index contributed by atoms with van der Waals surface area (Å²) in [4.78, 5) is 18.8. The minimum Gasteiger partial charge on any atom is -0.340 e. The Morgan fingerprint density at radius 2 is 2.03 bits per heavy atom. The molecule has 1 atom stereocenters. The zero-order valence-electron chi connectivity index (χ0n) is 17.3. The third-order valence-electron chi connectivity index (χ3n) is 5.50. The van der Waals surface area contributed by atoms with Crippen molar-refractivity contribution >= 4 is 27.5 Å². The van der Waals surface area contributed by atoms with Gasteiger partial charge in [-0.3, -0.25) is 10.2 Å². The molecule has 0 spiro atoms. The number of hydrogen-bond acceptors (Lipinski definition) is 4. The lowest BCUT2D eigenvalue weighted by molar-refractivity contribution is 0.0941. The molecule has 0 bridgehead atoms. The lowest BCUT2D eigenvalue weighted by Crippen LogP contribution is -2.44. The molecule has 168 valence electrons. The molecule has 1 aliphatic rings. The Bertz CT molecular complexity index is 1280. The summed E-state index contributed by atoms with van der Waals surface area (Å²) in [6, 6.07) is 10.6. The molecular formula is C22H22ClFN4O3S. The highest BCUT2D eigenvalue weighted by molar-refractivity contribution is 7.89. The van der Waals surface area contributed by atoms with Gasteiger partial charge in [-0.15, -0.1) is 4.83 Å². The summed E-state index contributed by atoms with van der Waals surface area (Å²) >= 11 is 5.95. The lowest BCUT2D eigenvalue weighted by atomic mass is 9.85. The number of rotatable bonds is 6. The van der Waals surface area contributed by atoms with Gasteiger partial charge in [0, 0.05) is 18.8 Å². The zero-order chi connectivity index (χ0) is 22.9. The first-order chi connectivity index (χ1) is 15.2. The van der Waals surface area contributed by atoms with Gasteiger partial charge in [-0.1, -0.05) is 35.9 Å². The largest absolute Gasteiger partial charge is 0.340 e. The van der Waals surface area contributed by atoms with Crippen LogP contribution in [0.3, 0.4) is 0 Å². The molecule has 1 amide bonds. The van der Waals surface area contributed by atoms with Gasteiger partial charge in [0.1, 0.15) is 0 Å². The number of nitrogens with one attached hydrogen (secondary N) is 2. The number of hydrogen-bond donors (Lipinski definition) is 2. The molecule has 1 unspecified atom stereocenters. The number of halogens is 2. The van der Waals surface area contributed by atoms with Crippen LogP contribution in [0.25, 0.3) is 11.3 Å². The molecule has 0 radical (unpaired) electrons. The van der Waals surface area contributed by atoms with Gasteiger partial charge in [-0.05, 0) is 48.4 Å². The van der Waals surface area contributed by atoms with Crippen molar-refractivity contribution in [2.75, 3.05) is 5.75 Å². The van der Waals surface area contributed by atoms with E-state index < -0.39 is 21.7 Å². The van der Waals surface area contributed by atoms with E-state index in [4.69, 9.17) is 11.6 Å². The number of aryl methyl sites for hydroxylation is 2. The summed E-state index contributed by atoms with van der Waals surface area (Å²) in [5.41, 5.74) is 5.04. The predicted octanol–water partition coefficient (Wildman–Crippen LogP) is 3.25. The van der Waals surface area contributed by atoms with Crippen LogP contribution in [0.2, 0.25) is 5.02 Å². The first kappa shape index (κ1) is 22.4. The number of sulfonamides is 1. The van der Waals surface area contributed by atoms with E-state index in [1.165, 1.54) is 17.7 Å². The monoisotopic (exact) mass is 476 g/mol. The molecule has 1 aromatic heterocycles. The zero-order valence-corrected chi connectivity index (χ0v) is 18.9. The van der Waals surface area contributed by atoms with Crippen molar-refractivity contribution in [1.82, 2.24) is 19.8 Å². The molecule has 0 aliphatic heterocycles. The molecule has 0 saturated carbocycles. The van der Waals surface area contributed by atoms with Crippen LogP contribution in [0.15, 0.2) is 48.9 Å². The Balaban J connectivity index is 1.43. The maximum atomic E-state index is 14.5. The predicted molar refractivity (Wildman–Crippen MR) is 120 cm³/mol. The number of fused-ring (bicyclic) bond motifs is 1. The number of aromatic nitrogens is 2. The Labute approximate surface area is 190 Å². The molecule has 1 aliphatic carbocycles. The van der Waals surface area contributed by atoms with Crippen LogP contribution in [0, 0.1) is 11.7 Å². The van der Waals surface area contributed by atoms with Crippen LogP contribution in [0.4, 0.5) is 4.39 Å². The molecule has 7 nitrogen and oxygen atoms in total. The topological polar surface area (TPSA) is 93.1 Å². The number of benzene rings is 2. The second-order valence-electron chi connectivity index (χ2n) is 7.96. The summed E-state index contributed by atoms with van der Waals surface area (Å²) in [6.45, 7) is 0. The van der Waals surface area contributed by atoms with E-state index >= 15 is 0 Å². The van der Waals surface area contributed by atoms with Crippen LogP contribution in [-0.2, 0) is 29.9 Å². The number of imidazole rings is 1. The number of nitrogens with zero attached hydrogens (tertiary/aromatic N) is 2. The first-order valence-electron chi connectivity index (χ1n) is 10.1. The Morgan fingerprint density at radius 3 is 2.75 bits per heavy atom. The molecule has 0 saturated heterocycles. The fraction of sp³-hybridized carbons (Fsp3) is 0.273. The normalized spacial score (nSPS) is 15.9. The lowest BCUT2D eigenvalue weighted by Gasteiger charge is -2.24. The van der Waals surface area contributed by atoms with Crippen LogP contribution in [0.5, 0.6) is 0 Å². The summed E-state index contributed by atoms with van der Waals surface area (Å²) in [6.07, 6.45) is 5.46. The van der Waals surface area contributed by atoms with Gasteiger partial charge < -0.3 is 4.57 Å². The van der Waals surface area contributed by atoms with Crippen molar-refractivity contribution in [2.45, 2.75) is 19.3 Å². The minimum absolute atomic E-state index is 0.0713.